The highest BCUT2D eigenvalue weighted by Gasteiger charge is 2.34. The third-order valence-electron chi connectivity index (χ3n) is 9.26. The quantitative estimate of drug-likeness (QED) is 0.0581. The van der Waals surface area contributed by atoms with E-state index in [2.05, 4.69) is 6.07 Å². The number of aliphatic hydroxyl groups excluding tert-OH is 1. The topological polar surface area (TPSA) is 135 Å². The molecule has 7 unspecified atom stereocenters. The molecule has 4 aromatic rings. The maximum absolute atomic E-state index is 13.1. The molecule has 0 amide bonds. The van der Waals surface area contributed by atoms with Crippen LogP contribution in [0.15, 0.2) is 103 Å². The zero-order chi connectivity index (χ0) is 37.4. The summed E-state index contributed by atoms with van der Waals surface area (Å²) in [6, 6.07) is 35.3. The monoisotopic (exact) mass is 757 g/mol. The molecule has 2 saturated heterocycles. The molecule has 2 aliphatic heterocycles. The summed E-state index contributed by atoms with van der Waals surface area (Å²) < 4.78 is 49.0. The Kier molecular flexibility index (Phi) is 15.8. The summed E-state index contributed by atoms with van der Waals surface area (Å²) in [4.78, 5) is 13.1. The first-order chi connectivity index (χ1) is 26.5. The van der Waals surface area contributed by atoms with Gasteiger partial charge in [0.1, 0.15) is 6.61 Å². The van der Waals surface area contributed by atoms with Crippen LogP contribution >= 0.6 is 8.60 Å². The third-order valence-corrected chi connectivity index (χ3v) is 10.4. The molecule has 0 aliphatic carbocycles. The van der Waals surface area contributed by atoms with Gasteiger partial charge in [-0.15, -0.1) is 0 Å². The van der Waals surface area contributed by atoms with E-state index in [-0.39, 0.29) is 63.9 Å². The van der Waals surface area contributed by atoms with Crippen molar-refractivity contribution in [3.8, 4) is 6.07 Å². The second-order valence-corrected chi connectivity index (χ2v) is 14.7. The number of carbonyl (C=O) groups is 1. The number of esters is 1. The van der Waals surface area contributed by atoms with E-state index in [1.165, 1.54) is 0 Å². The molecule has 0 spiro atoms. The highest BCUT2D eigenvalue weighted by Crippen LogP contribution is 2.42. The number of nitriles is 1. The Morgan fingerprint density at radius 1 is 0.685 bits per heavy atom. The molecule has 4 aromatic carbocycles. The van der Waals surface area contributed by atoms with Crippen molar-refractivity contribution < 1.29 is 47.2 Å². The van der Waals surface area contributed by atoms with Gasteiger partial charge in [-0.05, 0) is 34.0 Å². The average molecular weight is 758 g/mol. The van der Waals surface area contributed by atoms with Gasteiger partial charge >= 0.3 is 14.6 Å². The molecule has 0 bridgehead atoms. The van der Waals surface area contributed by atoms with Crippen LogP contribution in [0.5, 0.6) is 0 Å². The minimum atomic E-state index is -1.88. The lowest BCUT2D eigenvalue weighted by Crippen LogP contribution is -2.41. The highest BCUT2D eigenvalue weighted by atomic mass is 31.2. The van der Waals surface area contributed by atoms with Crippen molar-refractivity contribution >= 4 is 25.3 Å². The van der Waals surface area contributed by atoms with Crippen LogP contribution in [0.4, 0.5) is 0 Å². The molecule has 0 radical (unpaired) electrons. The van der Waals surface area contributed by atoms with E-state index in [4.69, 9.17) is 42.5 Å². The molecular formula is C42H48NO10P. The van der Waals surface area contributed by atoms with E-state index in [0.717, 1.165) is 21.9 Å². The normalized spacial score (nSPS) is 23.4. The van der Waals surface area contributed by atoms with E-state index in [1.54, 1.807) is 6.07 Å². The predicted molar refractivity (Wildman–Crippen MR) is 202 cm³/mol. The van der Waals surface area contributed by atoms with E-state index < -0.39 is 26.8 Å². The van der Waals surface area contributed by atoms with Crippen molar-refractivity contribution in [1.82, 2.24) is 0 Å². The smallest absolute Gasteiger partial charge is 0.338 e. The van der Waals surface area contributed by atoms with Gasteiger partial charge in [0, 0.05) is 25.7 Å². The van der Waals surface area contributed by atoms with Crippen molar-refractivity contribution in [2.45, 2.75) is 81.9 Å². The number of ether oxygens (including phenoxy) is 5. The molecule has 7 atom stereocenters. The van der Waals surface area contributed by atoms with E-state index in [1.807, 2.05) is 97.1 Å². The van der Waals surface area contributed by atoms with Crippen molar-refractivity contribution in [2.75, 3.05) is 33.0 Å². The van der Waals surface area contributed by atoms with Gasteiger partial charge in [0.25, 0.3) is 0 Å². The summed E-state index contributed by atoms with van der Waals surface area (Å²) in [6.07, 6.45) is 0.558. The first-order valence-electron chi connectivity index (χ1n) is 18.5. The van der Waals surface area contributed by atoms with Crippen LogP contribution in [-0.4, -0.2) is 80.7 Å². The zero-order valence-corrected chi connectivity index (χ0v) is 31.2. The Balaban J connectivity index is 1.05. The number of rotatable bonds is 19. The number of hydrogen-bond acceptors (Lipinski definition) is 11. The fraction of sp³-hybridized carbons (Fsp3) is 0.429. The third kappa shape index (κ3) is 12.6. The molecule has 2 aliphatic rings. The number of hydrogen-bond donors (Lipinski definition) is 1. The van der Waals surface area contributed by atoms with Crippen LogP contribution in [0.25, 0.3) is 10.8 Å². The van der Waals surface area contributed by atoms with Gasteiger partial charge in [-0.1, -0.05) is 91.0 Å². The number of nitrogens with zero attached hydrogens (tertiary/aromatic N) is 1. The molecule has 12 heteroatoms. The molecular weight excluding hydrogens is 709 g/mol. The van der Waals surface area contributed by atoms with Gasteiger partial charge in [0.15, 0.2) is 0 Å². The van der Waals surface area contributed by atoms with Gasteiger partial charge < -0.3 is 42.4 Å². The van der Waals surface area contributed by atoms with Crippen molar-refractivity contribution in [1.29, 1.82) is 5.26 Å². The molecule has 6 rings (SSSR count). The maximum atomic E-state index is 13.1. The molecule has 54 heavy (non-hydrogen) atoms. The summed E-state index contributed by atoms with van der Waals surface area (Å²) in [7, 11) is -1.88. The fourth-order valence-electron chi connectivity index (χ4n) is 6.55. The lowest BCUT2D eigenvalue weighted by molar-refractivity contribution is -0.146. The van der Waals surface area contributed by atoms with Crippen molar-refractivity contribution in [2.24, 2.45) is 0 Å². The number of carbonyl (C=O) groups excluding carboxylic acids is 1. The highest BCUT2D eigenvalue weighted by molar-refractivity contribution is 7.41. The fourth-order valence-corrected chi connectivity index (χ4v) is 7.59. The molecule has 1 N–H and O–H groups in total. The lowest BCUT2D eigenvalue weighted by atomic mass is 10.0. The first kappa shape index (κ1) is 39.9. The number of fused-ring (bicyclic) bond motifs is 1. The van der Waals surface area contributed by atoms with Crippen LogP contribution in [0.1, 0.15) is 53.6 Å². The lowest BCUT2D eigenvalue weighted by Gasteiger charge is -2.36. The van der Waals surface area contributed by atoms with Crippen LogP contribution < -0.4 is 0 Å². The summed E-state index contributed by atoms with van der Waals surface area (Å²) in [5, 5.41) is 21.1. The van der Waals surface area contributed by atoms with Crippen LogP contribution in [0.3, 0.4) is 0 Å². The summed E-state index contributed by atoms with van der Waals surface area (Å²) in [6.45, 7) is 1.24. The van der Waals surface area contributed by atoms with Crippen molar-refractivity contribution in [3.63, 3.8) is 0 Å². The summed E-state index contributed by atoms with van der Waals surface area (Å²) in [5.74, 6) is -0.423. The van der Waals surface area contributed by atoms with Gasteiger partial charge in [-0.3, -0.25) is 0 Å². The molecule has 11 nitrogen and oxygen atoms in total. The summed E-state index contributed by atoms with van der Waals surface area (Å²) >= 11 is 0. The molecule has 0 saturated carbocycles. The van der Waals surface area contributed by atoms with Crippen molar-refractivity contribution in [3.05, 3.63) is 120 Å². The predicted octanol–water partition coefficient (Wildman–Crippen LogP) is 7.45. The molecule has 0 aromatic heterocycles. The Morgan fingerprint density at radius 2 is 1.22 bits per heavy atom. The largest absolute Gasteiger partial charge is 0.459 e. The Hall–Kier alpha value is -3.79. The van der Waals surface area contributed by atoms with Gasteiger partial charge in [-0.25, -0.2) is 4.79 Å². The first-order valence-corrected chi connectivity index (χ1v) is 19.6. The van der Waals surface area contributed by atoms with Crippen LogP contribution in [-0.2, 0) is 50.5 Å². The van der Waals surface area contributed by atoms with E-state index >= 15 is 0 Å². The molecule has 2 fully saturated rings. The molecule has 286 valence electrons. The Bertz CT molecular complexity index is 1760. The van der Waals surface area contributed by atoms with E-state index in [9.17, 15) is 9.90 Å². The Morgan fingerprint density at radius 3 is 1.81 bits per heavy atom. The molecule has 2 heterocycles. The van der Waals surface area contributed by atoms with Crippen LogP contribution in [0.2, 0.25) is 0 Å². The Labute approximate surface area is 318 Å². The zero-order valence-electron chi connectivity index (χ0n) is 30.3. The van der Waals surface area contributed by atoms with Gasteiger partial charge in [0.05, 0.1) is 94.3 Å². The standard InChI is InChI=1S/C42H48NO10P/c43-18-9-19-49-54(50-29-40-23-36(21-38(25-44)52-40)46-26-31-10-3-1-4-11-31)51-30-41-24-37(47-27-32-12-5-2-6-13-32)22-39(53-41)28-48-42(45)35-17-16-33-14-7-8-15-34(33)20-35/h1-8,10-17,20,36-41,44H,9,19,21-30H2. The second-order valence-electron chi connectivity index (χ2n) is 13.4. The van der Waals surface area contributed by atoms with Gasteiger partial charge in [0.2, 0.25) is 0 Å². The summed E-state index contributed by atoms with van der Waals surface area (Å²) in [5.41, 5.74) is 2.60. The van der Waals surface area contributed by atoms with Crippen LogP contribution in [0, 0.1) is 11.3 Å². The maximum Gasteiger partial charge on any atom is 0.338 e. The minimum absolute atomic E-state index is 0.0514. The minimum Gasteiger partial charge on any atom is -0.459 e. The average Bonchev–Trinajstić information content (AvgIpc) is 3.22. The number of benzene rings is 4. The number of aliphatic hydroxyl groups is 1. The SMILES string of the molecule is N#CCCOP(OCC1CC(OCc2ccccc2)CC(CO)O1)OCC1CC(OCc2ccccc2)CC(COC(=O)c2ccc3ccccc3c2)O1. The van der Waals surface area contributed by atoms with E-state index in [0.29, 0.717) is 44.5 Å². The second kappa shape index (κ2) is 21.3. The van der Waals surface area contributed by atoms with Gasteiger partial charge in [-0.2, -0.15) is 5.26 Å².